The van der Waals surface area contributed by atoms with Crippen LogP contribution in [0.15, 0.2) is 41.4 Å². The molecule has 0 bridgehead atoms. The van der Waals surface area contributed by atoms with Crippen LogP contribution >= 0.6 is 0 Å². The molecule has 0 aliphatic heterocycles. The van der Waals surface area contributed by atoms with E-state index in [9.17, 15) is 13.2 Å². The highest BCUT2D eigenvalue weighted by molar-refractivity contribution is 7.92. The van der Waals surface area contributed by atoms with Gasteiger partial charge in [-0.2, -0.15) is 0 Å². The highest BCUT2D eigenvalue weighted by Gasteiger charge is 2.23. The first-order valence-electron chi connectivity index (χ1n) is 8.53. The second-order valence-electron chi connectivity index (χ2n) is 6.46. The molecule has 1 saturated carbocycles. The molecule has 0 spiro atoms. The van der Waals surface area contributed by atoms with Crippen LogP contribution in [0.25, 0.3) is 11.0 Å². The van der Waals surface area contributed by atoms with Crippen molar-refractivity contribution < 1.29 is 17.9 Å². The van der Waals surface area contributed by atoms with Crippen LogP contribution in [0.1, 0.15) is 41.5 Å². The summed E-state index contributed by atoms with van der Waals surface area (Å²) in [4.78, 5) is 23.1. The third-order valence-electron chi connectivity index (χ3n) is 4.69. The number of fused-ring (bicyclic) bond motifs is 1. The maximum atomic E-state index is 12.6. The Balaban J connectivity index is 1.57. The Labute approximate surface area is 156 Å². The van der Waals surface area contributed by atoms with Crippen molar-refractivity contribution in [1.29, 1.82) is 0 Å². The van der Waals surface area contributed by atoms with E-state index in [2.05, 4.69) is 24.4 Å². The first-order chi connectivity index (χ1) is 13.0. The lowest BCUT2D eigenvalue weighted by atomic mass is 9.85. The molecule has 2 heterocycles. The van der Waals surface area contributed by atoms with Gasteiger partial charge < -0.3 is 9.72 Å². The van der Waals surface area contributed by atoms with Crippen LogP contribution in [0, 0.1) is 0 Å². The topological polar surface area (TPSA) is 114 Å². The second-order valence-corrected chi connectivity index (χ2v) is 8.14. The van der Waals surface area contributed by atoms with Crippen molar-refractivity contribution in [3.05, 3.63) is 48.0 Å². The summed E-state index contributed by atoms with van der Waals surface area (Å²) in [5, 5.41) is 0. The Hall–Kier alpha value is -2.94. The molecule has 1 aliphatic carbocycles. The number of imidazole rings is 1. The van der Waals surface area contributed by atoms with Crippen LogP contribution in [0.4, 0.5) is 5.69 Å². The fourth-order valence-corrected chi connectivity index (χ4v) is 3.94. The van der Waals surface area contributed by atoms with Gasteiger partial charge in [-0.05, 0) is 43.2 Å². The molecule has 4 rings (SSSR count). The molecule has 0 atom stereocenters. The molecule has 0 saturated heterocycles. The Kier molecular flexibility index (Phi) is 4.31. The van der Waals surface area contributed by atoms with Crippen molar-refractivity contribution in [3.63, 3.8) is 0 Å². The third kappa shape index (κ3) is 3.37. The van der Waals surface area contributed by atoms with Gasteiger partial charge in [0.1, 0.15) is 16.4 Å². The van der Waals surface area contributed by atoms with E-state index < -0.39 is 16.0 Å². The minimum atomic E-state index is -3.83. The van der Waals surface area contributed by atoms with Crippen LogP contribution < -0.4 is 4.72 Å². The smallest absolute Gasteiger partial charge is 0.356 e. The number of carbonyl (C=O) groups is 1. The minimum absolute atomic E-state index is 0.0406. The largest absolute Gasteiger partial charge is 0.464 e. The number of ether oxygens (including phenoxy) is 1. The zero-order chi connectivity index (χ0) is 19.0. The summed E-state index contributed by atoms with van der Waals surface area (Å²) in [5.74, 6) is 0.801. The lowest BCUT2D eigenvalue weighted by molar-refractivity contribution is 0.0594. The SMILES string of the molecule is COC(=O)c1ccc(S(=O)(=O)Nc2ccc3nc(C4CCC4)[nH]c3c2)cn1. The zero-order valence-electron chi connectivity index (χ0n) is 14.6. The number of aromatic amines is 1. The number of anilines is 1. The summed E-state index contributed by atoms with van der Waals surface area (Å²) in [6, 6.07) is 7.79. The molecule has 9 heteroatoms. The van der Waals surface area contributed by atoms with Crippen molar-refractivity contribution in [2.75, 3.05) is 11.8 Å². The van der Waals surface area contributed by atoms with Crippen LogP contribution in [0.2, 0.25) is 0 Å². The number of H-pyrrole nitrogens is 1. The Morgan fingerprint density at radius 3 is 2.70 bits per heavy atom. The Morgan fingerprint density at radius 2 is 2.07 bits per heavy atom. The van der Waals surface area contributed by atoms with Crippen LogP contribution in [0.5, 0.6) is 0 Å². The number of aromatic nitrogens is 3. The minimum Gasteiger partial charge on any atom is -0.464 e. The van der Waals surface area contributed by atoms with E-state index in [-0.39, 0.29) is 10.6 Å². The lowest BCUT2D eigenvalue weighted by Crippen LogP contribution is -2.14. The average Bonchev–Trinajstić information content (AvgIpc) is 3.01. The standard InChI is InChI=1S/C18H18N4O4S/c1-26-18(23)15-8-6-13(10-19-15)27(24,25)22-12-5-7-14-16(9-12)21-17(20-14)11-3-2-4-11/h5-11,22H,2-4H2,1H3,(H,20,21). The highest BCUT2D eigenvalue weighted by atomic mass is 32.2. The molecule has 0 unspecified atom stereocenters. The van der Waals surface area contributed by atoms with Crippen LogP contribution in [-0.4, -0.2) is 36.4 Å². The first kappa shape index (κ1) is 17.5. The number of nitrogens with zero attached hydrogens (tertiary/aromatic N) is 2. The fraction of sp³-hybridized carbons (Fsp3) is 0.278. The van der Waals surface area contributed by atoms with E-state index in [0.29, 0.717) is 11.6 Å². The molecule has 3 aromatic rings. The van der Waals surface area contributed by atoms with E-state index in [4.69, 9.17) is 0 Å². The summed E-state index contributed by atoms with van der Waals surface area (Å²) in [5.41, 5.74) is 2.06. The summed E-state index contributed by atoms with van der Waals surface area (Å²) in [7, 11) is -2.60. The molecule has 1 aliphatic rings. The molecular formula is C18H18N4O4S. The van der Waals surface area contributed by atoms with Crippen molar-refractivity contribution >= 4 is 32.7 Å². The number of sulfonamides is 1. The van der Waals surface area contributed by atoms with E-state index in [0.717, 1.165) is 35.9 Å². The molecule has 1 fully saturated rings. The molecule has 8 nitrogen and oxygen atoms in total. The van der Waals surface area contributed by atoms with E-state index in [1.807, 2.05) is 0 Å². The monoisotopic (exact) mass is 386 g/mol. The number of hydrogen-bond donors (Lipinski definition) is 2. The normalized spacial score (nSPS) is 14.7. The number of benzene rings is 1. The number of pyridine rings is 1. The molecule has 2 N–H and O–H groups in total. The van der Waals surface area contributed by atoms with Gasteiger partial charge in [0, 0.05) is 12.1 Å². The van der Waals surface area contributed by atoms with Crippen molar-refractivity contribution in [1.82, 2.24) is 15.0 Å². The molecule has 0 radical (unpaired) electrons. The van der Waals surface area contributed by atoms with Gasteiger partial charge in [0.2, 0.25) is 0 Å². The number of esters is 1. The molecule has 27 heavy (non-hydrogen) atoms. The molecular weight excluding hydrogens is 368 g/mol. The molecule has 2 aromatic heterocycles. The van der Waals surface area contributed by atoms with Gasteiger partial charge in [-0.25, -0.2) is 23.2 Å². The third-order valence-corrected chi connectivity index (χ3v) is 6.05. The zero-order valence-corrected chi connectivity index (χ0v) is 15.4. The fourth-order valence-electron chi connectivity index (χ4n) is 2.95. The summed E-state index contributed by atoms with van der Waals surface area (Å²) in [6.07, 6.45) is 4.61. The summed E-state index contributed by atoms with van der Waals surface area (Å²) >= 11 is 0. The van der Waals surface area contributed by atoms with E-state index >= 15 is 0 Å². The molecule has 0 amide bonds. The van der Waals surface area contributed by atoms with E-state index in [1.54, 1.807) is 18.2 Å². The lowest BCUT2D eigenvalue weighted by Gasteiger charge is -2.22. The summed E-state index contributed by atoms with van der Waals surface area (Å²) < 4.78 is 32.2. The van der Waals surface area contributed by atoms with Crippen molar-refractivity contribution in [3.8, 4) is 0 Å². The summed E-state index contributed by atoms with van der Waals surface area (Å²) in [6.45, 7) is 0. The van der Waals surface area contributed by atoms with Crippen molar-refractivity contribution in [2.45, 2.75) is 30.1 Å². The predicted octanol–water partition coefficient (Wildman–Crippen LogP) is 2.81. The quantitative estimate of drug-likeness (QED) is 0.652. The Morgan fingerprint density at radius 1 is 1.26 bits per heavy atom. The second kappa shape index (κ2) is 6.66. The molecule has 140 valence electrons. The average molecular weight is 386 g/mol. The number of rotatable bonds is 5. The van der Waals surface area contributed by atoms with Gasteiger partial charge in [0.05, 0.1) is 23.8 Å². The maximum absolute atomic E-state index is 12.6. The number of nitrogens with one attached hydrogen (secondary N) is 2. The predicted molar refractivity (Wildman–Crippen MR) is 99.1 cm³/mol. The molecule has 1 aromatic carbocycles. The van der Waals surface area contributed by atoms with Gasteiger partial charge in [0.15, 0.2) is 0 Å². The van der Waals surface area contributed by atoms with Crippen LogP contribution in [0.3, 0.4) is 0 Å². The highest BCUT2D eigenvalue weighted by Crippen LogP contribution is 2.35. The number of carbonyl (C=O) groups excluding carboxylic acids is 1. The van der Waals surface area contributed by atoms with Gasteiger partial charge in [0.25, 0.3) is 10.0 Å². The van der Waals surface area contributed by atoms with Gasteiger partial charge in [-0.15, -0.1) is 0 Å². The first-order valence-corrected chi connectivity index (χ1v) is 10.0. The maximum Gasteiger partial charge on any atom is 0.356 e. The number of hydrogen-bond acceptors (Lipinski definition) is 6. The number of methoxy groups -OCH3 is 1. The van der Waals surface area contributed by atoms with Crippen LogP contribution in [-0.2, 0) is 14.8 Å². The van der Waals surface area contributed by atoms with Gasteiger partial charge in [-0.3, -0.25) is 4.72 Å². The van der Waals surface area contributed by atoms with Gasteiger partial charge in [-0.1, -0.05) is 6.42 Å². The van der Waals surface area contributed by atoms with E-state index in [1.165, 1.54) is 25.7 Å². The van der Waals surface area contributed by atoms with Gasteiger partial charge >= 0.3 is 5.97 Å². The van der Waals surface area contributed by atoms with Crippen molar-refractivity contribution in [2.24, 2.45) is 0 Å². The Bertz CT molecular complexity index is 1100.